The molecule has 0 bridgehead atoms. The van der Waals surface area contributed by atoms with Crippen molar-refractivity contribution in [3.8, 4) is 0 Å². The number of imidazole rings is 1. The highest BCUT2D eigenvalue weighted by Crippen LogP contribution is 2.29. The van der Waals surface area contributed by atoms with Gasteiger partial charge < -0.3 is 0 Å². The van der Waals surface area contributed by atoms with Gasteiger partial charge in [-0.3, -0.25) is 0 Å². The van der Waals surface area contributed by atoms with Crippen LogP contribution in [0.5, 0.6) is 0 Å². The third-order valence-electron chi connectivity index (χ3n) is 3.64. The van der Waals surface area contributed by atoms with E-state index in [9.17, 15) is 17.2 Å². The SMILES string of the molecule is Cc1cccc2c1ncn2S(=O)(=O)c1cccc(C(C)(F)F)c1. The fraction of sp³-hybridized carbons (Fsp3) is 0.188. The van der Waals surface area contributed by atoms with Crippen LogP contribution in [0.1, 0.15) is 18.1 Å². The van der Waals surface area contributed by atoms with Crippen LogP contribution in [0.15, 0.2) is 53.7 Å². The molecule has 0 atom stereocenters. The number of alkyl halides is 2. The van der Waals surface area contributed by atoms with E-state index < -0.39 is 15.9 Å². The van der Waals surface area contributed by atoms with Crippen molar-refractivity contribution in [1.29, 1.82) is 0 Å². The molecule has 3 aromatic rings. The second-order valence-electron chi connectivity index (χ2n) is 5.40. The summed E-state index contributed by atoms with van der Waals surface area (Å²) in [7, 11) is -4.00. The van der Waals surface area contributed by atoms with Gasteiger partial charge in [0.25, 0.3) is 15.9 Å². The molecule has 0 unspecified atom stereocenters. The number of benzene rings is 2. The normalized spacial score (nSPS) is 12.7. The quantitative estimate of drug-likeness (QED) is 0.733. The van der Waals surface area contributed by atoms with Crippen molar-refractivity contribution in [3.63, 3.8) is 0 Å². The summed E-state index contributed by atoms with van der Waals surface area (Å²) < 4.78 is 53.5. The Morgan fingerprint density at radius 2 is 1.83 bits per heavy atom. The largest absolute Gasteiger partial charge is 0.270 e. The Morgan fingerprint density at radius 3 is 2.52 bits per heavy atom. The van der Waals surface area contributed by atoms with Crippen LogP contribution < -0.4 is 0 Å². The van der Waals surface area contributed by atoms with Gasteiger partial charge in [0.05, 0.1) is 15.9 Å². The van der Waals surface area contributed by atoms with Crippen molar-refractivity contribution in [3.05, 3.63) is 59.9 Å². The molecule has 1 heterocycles. The maximum absolute atomic E-state index is 13.5. The molecule has 0 amide bonds. The van der Waals surface area contributed by atoms with Gasteiger partial charge in [0.15, 0.2) is 0 Å². The maximum Gasteiger partial charge on any atom is 0.270 e. The topological polar surface area (TPSA) is 52.0 Å². The third-order valence-corrected chi connectivity index (χ3v) is 5.30. The van der Waals surface area contributed by atoms with E-state index in [4.69, 9.17) is 0 Å². The Labute approximate surface area is 132 Å². The van der Waals surface area contributed by atoms with Gasteiger partial charge in [0, 0.05) is 12.5 Å². The minimum atomic E-state index is -4.00. The van der Waals surface area contributed by atoms with Gasteiger partial charge >= 0.3 is 0 Å². The number of para-hydroxylation sites is 1. The van der Waals surface area contributed by atoms with Gasteiger partial charge in [-0.05, 0) is 30.7 Å². The molecule has 0 aliphatic heterocycles. The predicted octanol–water partition coefficient (Wildman–Crippen LogP) is 3.69. The van der Waals surface area contributed by atoms with Crippen LogP contribution in [-0.2, 0) is 15.9 Å². The average Bonchev–Trinajstić information content (AvgIpc) is 2.93. The summed E-state index contributed by atoms with van der Waals surface area (Å²) in [5.41, 5.74) is 1.47. The first-order chi connectivity index (χ1) is 10.7. The van der Waals surface area contributed by atoms with Crippen LogP contribution in [0, 0.1) is 6.92 Å². The predicted molar refractivity (Wildman–Crippen MR) is 83.1 cm³/mol. The van der Waals surface area contributed by atoms with Gasteiger partial charge in [-0.25, -0.2) is 26.2 Å². The van der Waals surface area contributed by atoms with Crippen LogP contribution in [0.2, 0.25) is 0 Å². The van der Waals surface area contributed by atoms with Crippen molar-refractivity contribution in [2.45, 2.75) is 24.7 Å². The third kappa shape index (κ3) is 2.61. The second kappa shape index (κ2) is 5.13. The highest BCUT2D eigenvalue weighted by atomic mass is 32.2. The minimum absolute atomic E-state index is 0.197. The summed E-state index contributed by atoms with van der Waals surface area (Å²) in [5, 5.41) is 0. The number of halogens is 2. The molecule has 0 radical (unpaired) electrons. The number of aromatic nitrogens is 2. The van der Waals surface area contributed by atoms with Crippen molar-refractivity contribution >= 4 is 21.1 Å². The molecule has 0 fully saturated rings. The summed E-state index contributed by atoms with van der Waals surface area (Å²) >= 11 is 0. The lowest BCUT2D eigenvalue weighted by molar-refractivity contribution is 0.0172. The van der Waals surface area contributed by atoms with E-state index in [0.717, 1.165) is 22.5 Å². The summed E-state index contributed by atoms with van der Waals surface area (Å²) in [4.78, 5) is 3.92. The van der Waals surface area contributed by atoms with Gasteiger partial charge in [-0.15, -0.1) is 0 Å². The first kappa shape index (κ1) is 15.6. The summed E-state index contributed by atoms with van der Waals surface area (Å²) in [5.74, 6) is -3.11. The number of aryl methyl sites for hydroxylation is 1. The average molecular weight is 336 g/mol. The van der Waals surface area contributed by atoms with Crippen molar-refractivity contribution in [1.82, 2.24) is 8.96 Å². The van der Waals surface area contributed by atoms with Crippen LogP contribution in [0.3, 0.4) is 0 Å². The molecule has 7 heteroatoms. The van der Waals surface area contributed by atoms with Crippen LogP contribution >= 0.6 is 0 Å². The number of rotatable bonds is 3. The molecule has 0 aliphatic carbocycles. The Balaban J connectivity index is 2.20. The molecule has 0 N–H and O–H groups in total. The van der Waals surface area contributed by atoms with E-state index in [1.807, 2.05) is 13.0 Å². The standard InChI is InChI=1S/C16H14F2N2O2S/c1-11-5-3-8-14-15(11)19-10-20(14)23(21,22)13-7-4-6-12(9-13)16(2,17)18/h3-10H,1-2H3. The molecule has 2 aromatic carbocycles. The zero-order valence-corrected chi connectivity index (χ0v) is 13.3. The number of fused-ring (bicyclic) bond motifs is 1. The van der Waals surface area contributed by atoms with E-state index >= 15 is 0 Å². The van der Waals surface area contributed by atoms with Crippen molar-refractivity contribution < 1.29 is 17.2 Å². The molecule has 3 rings (SSSR count). The second-order valence-corrected chi connectivity index (χ2v) is 7.22. The fourth-order valence-corrected chi connectivity index (χ4v) is 3.73. The lowest BCUT2D eigenvalue weighted by Gasteiger charge is -2.13. The fourth-order valence-electron chi connectivity index (χ4n) is 2.40. The van der Waals surface area contributed by atoms with Gasteiger partial charge in [0.1, 0.15) is 6.33 Å². The molecule has 0 spiro atoms. The monoisotopic (exact) mass is 336 g/mol. The van der Waals surface area contributed by atoms with E-state index in [2.05, 4.69) is 4.98 Å². The molecule has 0 saturated carbocycles. The smallest absolute Gasteiger partial charge is 0.235 e. The van der Waals surface area contributed by atoms with E-state index in [1.165, 1.54) is 24.5 Å². The van der Waals surface area contributed by atoms with Crippen LogP contribution in [0.4, 0.5) is 8.78 Å². The summed E-state index contributed by atoms with van der Waals surface area (Å²) in [6.07, 6.45) is 1.20. The van der Waals surface area contributed by atoms with E-state index in [0.29, 0.717) is 11.0 Å². The number of nitrogens with zero attached hydrogens (tertiary/aromatic N) is 2. The first-order valence-corrected chi connectivity index (χ1v) is 8.32. The molecular formula is C16H14F2N2O2S. The first-order valence-electron chi connectivity index (χ1n) is 6.88. The lowest BCUT2D eigenvalue weighted by atomic mass is 10.1. The Hall–Kier alpha value is -2.28. The van der Waals surface area contributed by atoms with Gasteiger partial charge in [-0.1, -0.05) is 24.3 Å². The van der Waals surface area contributed by atoms with Crippen molar-refractivity contribution in [2.24, 2.45) is 0 Å². The minimum Gasteiger partial charge on any atom is -0.235 e. The zero-order valence-electron chi connectivity index (χ0n) is 12.5. The molecule has 1 aromatic heterocycles. The maximum atomic E-state index is 13.5. The Kier molecular flexibility index (Phi) is 3.48. The molecular weight excluding hydrogens is 322 g/mol. The molecule has 0 aliphatic rings. The molecule has 4 nitrogen and oxygen atoms in total. The van der Waals surface area contributed by atoms with E-state index in [-0.39, 0.29) is 10.5 Å². The Morgan fingerprint density at radius 1 is 1.13 bits per heavy atom. The van der Waals surface area contributed by atoms with Gasteiger partial charge in [0.2, 0.25) is 0 Å². The highest BCUT2D eigenvalue weighted by molar-refractivity contribution is 7.90. The Bertz CT molecular complexity index is 989. The molecule has 0 saturated heterocycles. The van der Waals surface area contributed by atoms with Crippen LogP contribution in [0.25, 0.3) is 11.0 Å². The highest BCUT2D eigenvalue weighted by Gasteiger charge is 2.27. The lowest BCUT2D eigenvalue weighted by Crippen LogP contribution is -2.14. The summed E-state index contributed by atoms with van der Waals surface area (Å²) in [6, 6.07) is 9.99. The van der Waals surface area contributed by atoms with Gasteiger partial charge in [-0.2, -0.15) is 0 Å². The molecule has 120 valence electrons. The molecule has 23 heavy (non-hydrogen) atoms. The van der Waals surface area contributed by atoms with Crippen molar-refractivity contribution in [2.75, 3.05) is 0 Å². The van der Waals surface area contributed by atoms with Crippen LogP contribution in [-0.4, -0.2) is 17.4 Å². The summed E-state index contributed by atoms with van der Waals surface area (Å²) in [6.45, 7) is 2.55. The number of hydrogen-bond acceptors (Lipinski definition) is 3. The zero-order chi connectivity index (χ0) is 16.8. The van der Waals surface area contributed by atoms with E-state index in [1.54, 1.807) is 12.1 Å². The number of hydrogen-bond donors (Lipinski definition) is 0.